The number of hydrogen-bond acceptors (Lipinski definition) is 3. The second-order valence-corrected chi connectivity index (χ2v) is 4.70. The highest BCUT2D eigenvalue weighted by Crippen LogP contribution is 2.15. The summed E-state index contributed by atoms with van der Waals surface area (Å²) in [5, 5.41) is 3.38. The summed E-state index contributed by atoms with van der Waals surface area (Å²) >= 11 is 0. The third-order valence-electron chi connectivity index (χ3n) is 2.80. The topological polar surface area (TPSA) is 42.7 Å². The van der Waals surface area contributed by atoms with Crippen molar-refractivity contribution in [1.82, 2.24) is 14.5 Å². The first-order valence-electron chi connectivity index (χ1n) is 6.36. The number of nitrogens with zero attached hydrogens (tertiary/aromatic N) is 3. The van der Waals surface area contributed by atoms with E-state index in [4.69, 9.17) is 0 Å². The Hall–Kier alpha value is -1.84. The summed E-state index contributed by atoms with van der Waals surface area (Å²) in [6.07, 6.45) is 4.81. The molecule has 2 heterocycles. The van der Waals surface area contributed by atoms with Crippen LogP contribution in [0.25, 0.3) is 0 Å². The zero-order valence-corrected chi connectivity index (χ0v) is 11.2. The molecule has 0 unspecified atom stereocenters. The average Bonchev–Trinajstić information content (AvgIpc) is 2.72. The summed E-state index contributed by atoms with van der Waals surface area (Å²) < 4.78 is 2.16. The Morgan fingerprint density at radius 2 is 2.17 bits per heavy atom. The van der Waals surface area contributed by atoms with Crippen molar-refractivity contribution in [1.29, 1.82) is 0 Å². The molecule has 0 aromatic carbocycles. The lowest BCUT2D eigenvalue weighted by Crippen LogP contribution is -2.12. The number of aromatic nitrogens is 3. The van der Waals surface area contributed by atoms with Gasteiger partial charge in [0.25, 0.3) is 0 Å². The van der Waals surface area contributed by atoms with E-state index in [0.717, 1.165) is 30.3 Å². The fourth-order valence-electron chi connectivity index (χ4n) is 1.89. The van der Waals surface area contributed by atoms with E-state index in [-0.39, 0.29) is 0 Å². The van der Waals surface area contributed by atoms with Gasteiger partial charge in [-0.25, -0.2) is 4.98 Å². The smallest absolute Gasteiger partial charge is 0.203 e. The highest BCUT2D eigenvalue weighted by Gasteiger charge is 2.07. The summed E-state index contributed by atoms with van der Waals surface area (Å²) in [5.41, 5.74) is 2.15. The minimum atomic E-state index is 0.420. The predicted molar refractivity (Wildman–Crippen MR) is 73.8 cm³/mol. The quantitative estimate of drug-likeness (QED) is 0.879. The number of anilines is 1. The molecular weight excluding hydrogens is 224 g/mol. The lowest BCUT2D eigenvalue weighted by atomic mass is 10.3. The van der Waals surface area contributed by atoms with Gasteiger partial charge < -0.3 is 9.88 Å². The standard InChI is InChI=1S/C14H20N4/c1-11(2)18-10-12(3)17-14(18)16-9-7-13-6-4-5-8-15-13/h4-6,8,10-11H,7,9H2,1-3H3,(H,16,17). The molecule has 0 aliphatic carbocycles. The second-order valence-electron chi connectivity index (χ2n) is 4.70. The van der Waals surface area contributed by atoms with Crippen molar-refractivity contribution >= 4 is 5.95 Å². The van der Waals surface area contributed by atoms with Crippen LogP contribution in [0.15, 0.2) is 30.6 Å². The Kier molecular flexibility index (Phi) is 3.97. The molecule has 96 valence electrons. The second kappa shape index (κ2) is 5.67. The van der Waals surface area contributed by atoms with Crippen LogP contribution in [-0.2, 0) is 6.42 Å². The summed E-state index contributed by atoms with van der Waals surface area (Å²) in [7, 11) is 0. The van der Waals surface area contributed by atoms with Gasteiger partial charge in [-0.05, 0) is 32.9 Å². The van der Waals surface area contributed by atoms with E-state index in [1.165, 1.54) is 0 Å². The van der Waals surface area contributed by atoms with E-state index in [1.807, 2.05) is 31.3 Å². The molecule has 0 bridgehead atoms. The third kappa shape index (κ3) is 3.09. The largest absolute Gasteiger partial charge is 0.355 e. The first-order chi connectivity index (χ1) is 8.66. The molecule has 0 spiro atoms. The lowest BCUT2D eigenvalue weighted by Gasteiger charge is -2.12. The molecule has 4 heteroatoms. The highest BCUT2D eigenvalue weighted by atomic mass is 15.2. The van der Waals surface area contributed by atoms with E-state index in [1.54, 1.807) is 0 Å². The van der Waals surface area contributed by atoms with Crippen molar-refractivity contribution in [3.63, 3.8) is 0 Å². The Morgan fingerprint density at radius 3 is 2.83 bits per heavy atom. The lowest BCUT2D eigenvalue weighted by molar-refractivity contribution is 0.604. The molecule has 0 amide bonds. The molecule has 2 aromatic heterocycles. The summed E-state index contributed by atoms with van der Waals surface area (Å²) in [6, 6.07) is 6.42. The predicted octanol–water partition coefficient (Wildman–Crippen LogP) is 2.82. The first kappa shape index (κ1) is 12.6. The fourth-order valence-corrected chi connectivity index (χ4v) is 1.89. The van der Waals surface area contributed by atoms with E-state index in [2.05, 4.69) is 39.9 Å². The monoisotopic (exact) mass is 244 g/mol. The van der Waals surface area contributed by atoms with E-state index < -0.39 is 0 Å². The minimum Gasteiger partial charge on any atom is -0.355 e. The van der Waals surface area contributed by atoms with Crippen molar-refractivity contribution < 1.29 is 0 Å². The van der Waals surface area contributed by atoms with Gasteiger partial charge in [0.2, 0.25) is 5.95 Å². The number of imidazole rings is 1. The van der Waals surface area contributed by atoms with Gasteiger partial charge in [-0.15, -0.1) is 0 Å². The molecule has 0 aliphatic heterocycles. The molecule has 2 aromatic rings. The van der Waals surface area contributed by atoms with Crippen molar-refractivity contribution in [2.45, 2.75) is 33.2 Å². The van der Waals surface area contributed by atoms with Gasteiger partial charge in [0.15, 0.2) is 0 Å². The normalized spacial score (nSPS) is 10.9. The molecule has 0 aliphatic rings. The molecule has 2 rings (SSSR count). The first-order valence-corrected chi connectivity index (χ1v) is 6.36. The van der Waals surface area contributed by atoms with Gasteiger partial charge in [-0.3, -0.25) is 4.98 Å². The fraction of sp³-hybridized carbons (Fsp3) is 0.429. The average molecular weight is 244 g/mol. The molecule has 1 N–H and O–H groups in total. The van der Waals surface area contributed by atoms with Gasteiger partial charge in [-0.2, -0.15) is 0 Å². The van der Waals surface area contributed by atoms with E-state index >= 15 is 0 Å². The number of aryl methyl sites for hydroxylation is 1. The summed E-state index contributed by atoms with van der Waals surface area (Å²) in [6.45, 7) is 7.18. The highest BCUT2D eigenvalue weighted by molar-refractivity contribution is 5.29. The summed E-state index contributed by atoms with van der Waals surface area (Å²) in [5.74, 6) is 0.943. The minimum absolute atomic E-state index is 0.420. The Labute approximate surface area is 108 Å². The number of rotatable bonds is 5. The van der Waals surface area contributed by atoms with Crippen LogP contribution in [0.2, 0.25) is 0 Å². The van der Waals surface area contributed by atoms with Gasteiger partial charge in [-0.1, -0.05) is 6.07 Å². The van der Waals surface area contributed by atoms with Crippen LogP contribution in [0.3, 0.4) is 0 Å². The van der Waals surface area contributed by atoms with Crippen LogP contribution < -0.4 is 5.32 Å². The molecular formula is C14H20N4. The number of hydrogen-bond donors (Lipinski definition) is 1. The van der Waals surface area contributed by atoms with E-state index in [0.29, 0.717) is 6.04 Å². The maximum absolute atomic E-state index is 4.49. The third-order valence-corrected chi connectivity index (χ3v) is 2.80. The Bertz CT molecular complexity index is 488. The molecule has 4 nitrogen and oxygen atoms in total. The van der Waals surface area contributed by atoms with Crippen LogP contribution in [0, 0.1) is 6.92 Å². The van der Waals surface area contributed by atoms with Crippen molar-refractivity contribution in [3.05, 3.63) is 42.0 Å². The van der Waals surface area contributed by atoms with Crippen molar-refractivity contribution in [3.8, 4) is 0 Å². The van der Waals surface area contributed by atoms with Crippen LogP contribution >= 0.6 is 0 Å². The van der Waals surface area contributed by atoms with Crippen LogP contribution in [0.4, 0.5) is 5.95 Å². The van der Waals surface area contributed by atoms with Crippen molar-refractivity contribution in [2.75, 3.05) is 11.9 Å². The van der Waals surface area contributed by atoms with Gasteiger partial charge in [0, 0.05) is 37.1 Å². The number of pyridine rings is 1. The number of nitrogens with one attached hydrogen (secondary N) is 1. The summed E-state index contributed by atoms with van der Waals surface area (Å²) in [4.78, 5) is 8.80. The molecule has 0 saturated heterocycles. The van der Waals surface area contributed by atoms with Crippen LogP contribution in [-0.4, -0.2) is 21.1 Å². The zero-order valence-electron chi connectivity index (χ0n) is 11.2. The molecule has 0 saturated carbocycles. The van der Waals surface area contributed by atoms with Gasteiger partial charge in [0.05, 0.1) is 5.69 Å². The Balaban J connectivity index is 1.94. The van der Waals surface area contributed by atoms with E-state index in [9.17, 15) is 0 Å². The van der Waals surface area contributed by atoms with Crippen molar-refractivity contribution in [2.24, 2.45) is 0 Å². The van der Waals surface area contributed by atoms with Gasteiger partial charge >= 0.3 is 0 Å². The van der Waals surface area contributed by atoms with Crippen LogP contribution in [0.5, 0.6) is 0 Å². The maximum Gasteiger partial charge on any atom is 0.203 e. The SMILES string of the molecule is Cc1cn(C(C)C)c(NCCc2ccccn2)n1. The molecule has 0 radical (unpaired) electrons. The van der Waals surface area contributed by atoms with Gasteiger partial charge in [0.1, 0.15) is 0 Å². The van der Waals surface area contributed by atoms with Crippen LogP contribution in [0.1, 0.15) is 31.3 Å². The molecule has 0 fully saturated rings. The molecule has 0 atom stereocenters. The Morgan fingerprint density at radius 1 is 1.33 bits per heavy atom. The molecule has 18 heavy (non-hydrogen) atoms. The maximum atomic E-state index is 4.49. The zero-order chi connectivity index (χ0) is 13.0.